The van der Waals surface area contributed by atoms with E-state index in [0.717, 1.165) is 36.0 Å². The highest BCUT2D eigenvalue weighted by molar-refractivity contribution is 5.87. The van der Waals surface area contributed by atoms with Crippen LogP contribution in [0.5, 0.6) is 5.75 Å². The summed E-state index contributed by atoms with van der Waals surface area (Å²) in [5, 5.41) is 1.54. The lowest BCUT2D eigenvalue weighted by Gasteiger charge is -2.56. The van der Waals surface area contributed by atoms with Crippen LogP contribution in [0, 0.1) is 46.8 Å². The van der Waals surface area contributed by atoms with Crippen LogP contribution in [0.4, 0.5) is 11.4 Å². The normalized spacial score (nSPS) is 39.8. The topological polar surface area (TPSA) is 81.6 Å². The van der Waals surface area contributed by atoms with Gasteiger partial charge in [0.15, 0.2) is 5.78 Å². The molecule has 1 aromatic carbocycles. The second-order valence-corrected chi connectivity index (χ2v) is 12.0. The van der Waals surface area contributed by atoms with Gasteiger partial charge in [0.25, 0.3) is 0 Å². The van der Waals surface area contributed by atoms with Crippen molar-refractivity contribution in [2.24, 2.45) is 52.7 Å². The zero-order valence-corrected chi connectivity index (χ0v) is 20.8. The fourth-order valence-electron chi connectivity index (χ4n) is 8.90. The first kappa shape index (κ1) is 23.0. The van der Waals surface area contributed by atoms with Crippen molar-refractivity contribution in [3.8, 4) is 5.75 Å². The minimum Gasteiger partial charge on any atom is -0.497 e. The number of carbonyl (C=O) groups is 1. The smallest absolute Gasteiger partial charge is 0.157 e. The van der Waals surface area contributed by atoms with Gasteiger partial charge in [-0.1, -0.05) is 20.3 Å². The molecular weight excluding hydrogens is 410 g/mol. The van der Waals surface area contributed by atoms with E-state index in [1.165, 1.54) is 56.4 Å². The zero-order chi connectivity index (χ0) is 23.3. The van der Waals surface area contributed by atoms with Gasteiger partial charge in [0.2, 0.25) is 0 Å². The first-order valence-corrected chi connectivity index (χ1v) is 13.3. The number of ether oxygens (including phenoxy) is 1. The van der Waals surface area contributed by atoms with Gasteiger partial charge in [-0.15, -0.1) is 0 Å². The van der Waals surface area contributed by atoms with E-state index in [-0.39, 0.29) is 23.7 Å². The first-order valence-electron chi connectivity index (χ1n) is 13.3. The number of nitrogens with two attached hydrogens (primary N) is 2. The molecule has 0 amide bonds. The Morgan fingerprint density at radius 3 is 2.64 bits per heavy atom. The average molecular weight is 454 g/mol. The number of hydrogen-bond acceptors (Lipinski definition) is 5. The summed E-state index contributed by atoms with van der Waals surface area (Å²) in [5.41, 5.74) is 7.55. The molecule has 4 saturated carbocycles. The number of fused-ring (bicyclic) bond motifs is 5. The lowest BCUT2D eigenvalue weighted by Crippen LogP contribution is -2.50. The van der Waals surface area contributed by atoms with Gasteiger partial charge >= 0.3 is 0 Å². The summed E-state index contributed by atoms with van der Waals surface area (Å²) in [6, 6.07) is 5.44. The van der Waals surface area contributed by atoms with Crippen molar-refractivity contribution in [1.29, 1.82) is 0 Å². The minimum atomic E-state index is 0.123. The summed E-state index contributed by atoms with van der Waals surface area (Å²) < 4.78 is 5.24. The van der Waals surface area contributed by atoms with E-state index in [4.69, 9.17) is 16.3 Å². The van der Waals surface area contributed by atoms with E-state index in [9.17, 15) is 4.79 Å². The van der Waals surface area contributed by atoms with Gasteiger partial charge in [0.1, 0.15) is 5.75 Å². The number of nitrogens with zero attached hydrogens (tertiary/aromatic N) is 1. The van der Waals surface area contributed by atoms with Gasteiger partial charge in [-0.3, -0.25) is 4.79 Å². The Morgan fingerprint density at radius 1 is 1.09 bits per heavy atom. The molecule has 0 aliphatic heterocycles. The standard InChI is InChI=1S/C28H43N3O2/c1-17-4-7-20-18(14-17)5-8-22-21(20)12-13-28(2)23(22)9-10-24(28)27(32)16-31(30)26-11-6-19(33-3)15-25(26)29/h6,11,15,17-18,20-24H,4-5,7-10,12-14,16,29-30H2,1-3H3. The van der Waals surface area contributed by atoms with Crippen LogP contribution in [0.15, 0.2) is 18.2 Å². The third-order valence-electron chi connectivity index (χ3n) is 10.5. The molecule has 33 heavy (non-hydrogen) atoms. The van der Waals surface area contributed by atoms with Gasteiger partial charge in [-0.2, -0.15) is 0 Å². The first-order chi connectivity index (χ1) is 15.8. The Labute approximate surface area is 199 Å². The van der Waals surface area contributed by atoms with E-state index in [2.05, 4.69) is 13.8 Å². The van der Waals surface area contributed by atoms with Crippen molar-refractivity contribution < 1.29 is 9.53 Å². The largest absolute Gasteiger partial charge is 0.497 e. The van der Waals surface area contributed by atoms with Crippen molar-refractivity contribution >= 4 is 17.2 Å². The number of rotatable bonds is 5. The number of hydrazine groups is 1. The zero-order valence-electron chi connectivity index (χ0n) is 20.8. The molecule has 5 heteroatoms. The molecule has 0 saturated heterocycles. The summed E-state index contributed by atoms with van der Waals surface area (Å²) in [4.78, 5) is 13.6. The number of hydrogen-bond donors (Lipinski definition) is 2. The van der Waals surface area contributed by atoms with Crippen molar-refractivity contribution in [2.75, 3.05) is 24.4 Å². The highest BCUT2D eigenvalue weighted by Crippen LogP contribution is 2.64. The average Bonchev–Trinajstić information content (AvgIpc) is 3.15. The molecule has 5 rings (SSSR count). The fourth-order valence-corrected chi connectivity index (χ4v) is 8.90. The second kappa shape index (κ2) is 8.79. The summed E-state index contributed by atoms with van der Waals surface area (Å²) in [6.45, 7) is 5.11. The van der Waals surface area contributed by atoms with Gasteiger partial charge in [0.05, 0.1) is 25.0 Å². The SMILES string of the molecule is COc1ccc(N(N)CC(=O)C2CCC3C4CCC5CC(C)CCC5C4CCC23C)c(N)c1. The molecule has 0 radical (unpaired) electrons. The highest BCUT2D eigenvalue weighted by atomic mass is 16.5. The molecular formula is C28H43N3O2. The van der Waals surface area contributed by atoms with Crippen molar-refractivity contribution in [1.82, 2.24) is 0 Å². The summed E-state index contributed by atoms with van der Waals surface area (Å²) >= 11 is 0. The molecule has 4 aliphatic carbocycles. The Kier molecular flexibility index (Phi) is 6.13. The number of carbonyl (C=O) groups excluding carboxylic acids is 1. The van der Waals surface area contributed by atoms with Crippen LogP contribution in [-0.2, 0) is 4.79 Å². The van der Waals surface area contributed by atoms with E-state index in [1.54, 1.807) is 13.2 Å². The third-order valence-corrected chi connectivity index (χ3v) is 10.5. The molecule has 8 unspecified atom stereocenters. The predicted molar refractivity (Wildman–Crippen MR) is 134 cm³/mol. The maximum absolute atomic E-state index is 13.6. The van der Waals surface area contributed by atoms with Crippen LogP contribution in [-0.4, -0.2) is 19.4 Å². The number of anilines is 2. The van der Waals surface area contributed by atoms with Gasteiger partial charge in [-0.05, 0) is 104 Å². The lowest BCUT2D eigenvalue weighted by molar-refractivity contribution is -0.129. The number of methoxy groups -OCH3 is 1. The Balaban J connectivity index is 1.28. The fraction of sp³-hybridized carbons (Fsp3) is 0.750. The second-order valence-electron chi connectivity index (χ2n) is 12.0. The van der Waals surface area contributed by atoms with E-state index >= 15 is 0 Å². The molecule has 0 spiro atoms. The van der Waals surface area contributed by atoms with Crippen LogP contribution in [0.1, 0.15) is 71.6 Å². The molecule has 1 aromatic rings. The lowest BCUT2D eigenvalue weighted by atomic mass is 9.49. The molecule has 5 nitrogen and oxygen atoms in total. The van der Waals surface area contributed by atoms with Crippen molar-refractivity contribution in [3.63, 3.8) is 0 Å². The maximum Gasteiger partial charge on any atom is 0.157 e. The maximum atomic E-state index is 13.6. The summed E-state index contributed by atoms with van der Waals surface area (Å²) in [7, 11) is 1.62. The molecule has 4 fully saturated rings. The third kappa shape index (κ3) is 3.94. The molecule has 4 aliphatic rings. The quantitative estimate of drug-likeness (QED) is 0.353. The molecule has 4 N–H and O–H groups in total. The Hall–Kier alpha value is -1.75. The van der Waals surface area contributed by atoms with E-state index in [0.29, 0.717) is 23.0 Å². The van der Waals surface area contributed by atoms with Crippen LogP contribution in [0.25, 0.3) is 0 Å². The van der Waals surface area contributed by atoms with Crippen LogP contribution >= 0.6 is 0 Å². The van der Waals surface area contributed by atoms with Gasteiger partial charge < -0.3 is 15.5 Å². The molecule has 0 aromatic heterocycles. The van der Waals surface area contributed by atoms with Crippen molar-refractivity contribution in [3.05, 3.63) is 18.2 Å². The van der Waals surface area contributed by atoms with Gasteiger partial charge in [-0.25, -0.2) is 5.84 Å². The predicted octanol–water partition coefficient (Wildman–Crippen LogP) is 5.43. The summed E-state index contributed by atoms with van der Waals surface area (Å²) in [6.07, 6.45) is 11.9. The minimum absolute atomic E-state index is 0.123. The molecule has 8 atom stereocenters. The Morgan fingerprint density at radius 2 is 1.88 bits per heavy atom. The van der Waals surface area contributed by atoms with Crippen LogP contribution in [0.3, 0.4) is 0 Å². The van der Waals surface area contributed by atoms with Crippen LogP contribution in [0.2, 0.25) is 0 Å². The number of benzene rings is 1. The van der Waals surface area contributed by atoms with E-state index < -0.39 is 0 Å². The molecule has 182 valence electrons. The van der Waals surface area contributed by atoms with E-state index in [1.807, 2.05) is 12.1 Å². The Bertz CT molecular complexity index is 888. The van der Waals surface area contributed by atoms with Gasteiger partial charge in [0, 0.05) is 12.0 Å². The number of nitrogen functional groups attached to an aromatic ring is 1. The summed E-state index contributed by atoms with van der Waals surface area (Å²) in [5.74, 6) is 12.8. The number of Topliss-reactive ketones (excluding diaryl/α,β-unsaturated/α-hetero) is 1. The molecule has 0 bridgehead atoms. The number of ketones is 1. The van der Waals surface area contributed by atoms with Crippen LogP contribution < -0.4 is 21.3 Å². The van der Waals surface area contributed by atoms with Crippen molar-refractivity contribution in [2.45, 2.75) is 71.6 Å². The molecule has 0 heterocycles. The highest BCUT2D eigenvalue weighted by Gasteiger charge is 2.58. The monoisotopic (exact) mass is 453 g/mol.